The molecule has 0 aliphatic carbocycles. The molecule has 1 aromatic carbocycles. The highest BCUT2D eigenvalue weighted by Gasteiger charge is 2.19. The Bertz CT molecular complexity index is 894. The minimum absolute atomic E-state index is 0.0151. The fraction of sp³-hybridized carbons (Fsp3) is 0.294. The van der Waals surface area contributed by atoms with Crippen molar-refractivity contribution < 1.29 is 0 Å². The van der Waals surface area contributed by atoms with Gasteiger partial charge in [0.1, 0.15) is 0 Å². The molecule has 5 heteroatoms. The Labute approximate surface area is 137 Å². The van der Waals surface area contributed by atoms with E-state index in [2.05, 4.69) is 27.4 Å². The average molecular weight is 360 g/mol. The van der Waals surface area contributed by atoms with Crippen LogP contribution in [0.5, 0.6) is 0 Å². The number of aryl methyl sites for hydroxylation is 1. The second kappa shape index (κ2) is 5.72. The van der Waals surface area contributed by atoms with Crippen LogP contribution in [0, 0.1) is 13.8 Å². The van der Waals surface area contributed by atoms with Gasteiger partial charge in [-0.2, -0.15) is 0 Å². The molecule has 0 aliphatic heterocycles. The van der Waals surface area contributed by atoms with E-state index in [1.165, 1.54) is 0 Å². The van der Waals surface area contributed by atoms with Gasteiger partial charge in [0.2, 0.25) is 5.78 Å². The smallest absolute Gasteiger partial charge is 0.262 e. The van der Waals surface area contributed by atoms with Gasteiger partial charge in [0.25, 0.3) is 5.56 Å². The Kier molecular flexibility index (Phi) is 3.91. The zero-order chi connectivity index (χ0) is 15.9. The molecule has 2 heterocycles. The van der Waals surface area contributed by atoms with Crippen LogP contribution in [0.3, 0.4) is 0 Å². The zero-order valence-corrected chi connectivity index (χ0v) is 14.5. The first kappa shape index (κ1) is 15.0. The number of hydrogen-bond acceptors (Lipinski definition) is 2. The van der Waals surface area contributed by atoms with Crippen molar-refractivity contribution in [2.24, 2.45) is 0 Å². The second-order valence-corrected chi connectivity index (χ2v) is 5.86. The van der Waals surface area contributed by atoms with Gasteiger partial charge in [-0.25, -0.2) is 9.38 Å². The first-order valence-corrected chi connectivity index (χ1v) is 8.45. The summed E-state index contributed by atoms with van der Waals surface area (Å²) in [5.41, 5.74) is 4.55. The van der Waals surface area contributed by atoms with Gasteiger partial charge >= 0.3 is 0 Å². The molecule has 0 fully saturated rings. The molecule has 0 saturated heterocycles. The van der Waals surface area contributed by atoms with E-state index in [-0.39, 0.29) is 5.56 Å². The predicted octanol–water partition coefficient (Wildman–Crippen LogP) is 3.69. The van der Waals surface area contributed by atoms with Crippen LogP contribution in [0.1, 0.15) is 23.9 Å². The summed E-state index contributed by atoms with van der Waals surface area (Å²) >= 11 is 3.52. The van der Waals surface area contributed by atoms with Crippen molar-refractivity contribution in [3.63, 3.8) is 0 Å². The topological polar surface area (TPSA) is 39.3 Å². The molecule has 3 rings (SSSR count). The summed E-state index contributed by atoms with van der Waals surface area (Å²) in [5, 5.41) is 0.583. The van der Waals surface area contributed by atoms with E-state index in [1.807, 2.05) is 44.2 Å². The lowest BCUT2D eigenvalue weighted by atomic mass is 10.1. The second-order valence-electron chi connectivity index (χ2n) is 5.30. The number of aromatic nitrogens is 3. The van der Waals surface area contributed by atoms with Crippen LogP contribution in [0.4, 0.5) is 0 Å². The van der Waals surface area contributed by atoms with Crippen molar-refractivity contribution in [1.82, 2.24) is 14.0 Å². The average Bonchev–Trinajstić information content (AvgIpc) is 2.93. The summed E-state index contributed by atoms with van der Waals surface area (Å²) in [6, 6.07) is 10.00. The number of nitrogens with zero attached hydrogens (tertiary/aromatic N) is 3. The predicted molar refractivity (Wildman–Crippen MR) is 92.7 cm³/mol. The molecule has 4 nitrogen and oxygen atoms in total. The summed E-state index contributed by atoms with van der Waals surface area (Å²) in [6.45, 7) is 6.71. The zero-order valence-electron chi connectivity index (χ0n) is 12.9. The van der Waals surface area contributed by atoms with Gasteiger partial charge < -0.3 is 4.57 Å². The summed E-state index contributed by atoms with van der Waals surface area (Å²) in [7, 11) is 0. The Balaban J connectivity index is 2.48. The molecule has 0 aliphatic rings. The maximum atomic E-state index is 12.7. The SMILES string of the molecule is CCn1c(C)c(C)c(=O)n2c(CBr)c(-c3ccccc3)nc12. The molecule has 0 atom stereocenters. The van der Waals surface area contributed by atoms with Crippen LogP contribution in [-0.2, 0) is 11.9 Å². The third kappa shape index (κ3) is 2.11. The largest absolute Gasteiger partial charge is 0.315 e. The van der Waals surface area contributed by atoms with Gasteiger partial charge in [0.05, 0.1) is 11.4 Å². The molecule has 0 spiro atoms. The minimum atomic E-state index is 0.0151. The molecule has 114 valence electrons. The Morgan fingerprint density at radius 1 is 1.18 bits per heavy atom. The highest BCUT2D eigenvalue weighted by molar-refractivity contribution is 9.08. The lowest BCUT2D eigenvalue weighted by molar-refractivity contribution is 0.710. The molecule has 0 bridgehead atoms. The van der Waals surface area contributed by atoms with Crippen molar-refractivity contribution >= 4 is 21.7 Å². The van der Waals surface area contributed by atoms with E-state index in [1.54, 1.807) is 4.40 Å². The molecule has 22 heavy (non-hydrogen) atoms. The van der Waals surface area contributed by atoms with E-state index < -0.39 is 0 Å². The number of alkyl halides is 1. The first-order chi connectivity index (χ1) is 10.6. The van der Waals surface area contributed by atoms with Crippen molar-refractivity contribution in [3.8, 4) is 11.3 Å². The molecule has 0 radical (unpaired) electrons. The van der Waals surface area contributed by atoms with E-state index in [0.717, 1.165) is 34.8 Å². The van der Waals surface area contributed by atoms with Crippen LogP contribution in [0.2, 0.25) is 0 Å². The quantitative estimate of drug-likeness (QED) is 0.669. The third-order valence-electron chi connectivity index (χ3n) is 4.16. The highest BCUT2D eigenvalue weighted by Crippen LogP contribution is 2.26. The summed E-state index contributed by atoms with van der Waals surface area (Å²) < 4.78 is 3.83. The van der Waals surface area contributed by atoms with E-state index in [9.17, 15) is 4.79 Å². The van der Waals surface area contributed by atoms with Gasteiger partial charge in [0.15, 0.2) is 0 Å². The monoisotopic (exact) mass is 359 g/mol. The van der Waals surface area contributed by atoms with Crippen LogP contribution in [0.15, 0.2) is 35.1 Å². The fourth-order valence-corrected chi connectivity index (χ4v) is 3.36. The van der Waals surface area contributed by atoms with E-state index in [4.69, 9.17) is 4.98 Å². The summed E-state index contributed by atoms with van der Waals surface area (Å²) in [4.78, 5) is 17.5. The van der Waals surface area contributed by atoms with Gasteiger partial charge in [-0.3, -0.25) is 4.79 Å². The maximum absolute atomic E-state index is 12.7. The Morgan fingerprint density at radius 3 is 2.45 bits per heavy atom. The van der Waals surface area contributed by atoms with Gasteiger partial charge in [-0.15, -0.1) is 0 Å². The molecule has 0 saturated carbocycles. The van der Waals surface area contributed by atoms with Crippen LogP contribution in [0.25, 0.3) is 17.0 Å². The maximum Gasteiger partial charge on any atom is 0.262 e. The fourth-order valence-electron chi connectivity index (χ4n) is 2.84. The highest BCUT2D eigenvalue weighted by atomic mass is 79.9. The number of fused-ring (bicyclic) bond motifs is 1. The van der Waals surface area contributed by atoms with Crippen molar-refractivity contribution in [2.45, 2.75) is 32.6 Å². The summed E-state index contributed by atoms with van der Waals surface area (Å²) in [6.07, 6.45) is 0. The van der Waals surface area contributed by atoms with Crippen molar-refractivity contribution in [2.75, 3.05) is 0 Å². The van der Waals surface area contributed by atoms with Gasteiger partial charge in [0, 0.05) is 28.7 Å². The van der Waals surface area contributed by atoms with Crippen LogP contribution >= 0.6 is 15.9 Å². The standard InChI is InChI=1S/C17H18BrN3O/c1-4-20-12(3)11(2)16(22)21-14(10-18)15(19-17(20)21)13-8-6-5-7-9-13/h5-9H,4,10H2,1-3H3. The molecule has 0 unspecified atom stereocenters. The number of imidazole rings is 1. The Hall–Kier alpha value is -1.88. The van der Waals surface area contributed by atoms with Gasteiger partial charge in [-0.1, -0.05) is 46.3 Å². The minimum Gasteiger partial charge on any atom is -0.315 e. The lowest BCUT2D eigenvalue weighted by Gasteiger charge is -2.12. The molecule has 0 N–H and O–H groups in total. The third-order valence-corrected chi connectivity index (χ3v) is 4.69. The van der Waals surface area contributed by atoms with Gasteiger partial charge in [-0.05, 0) is 20.8 Å². The summed E-state index contributed by atoms with van der Waals surface area (Å²) in [5.74, 6) is 0.712. The molecular formula is C17H18BrN3O. The normalized spacial score (nSPS) is 11.3. The van der Waals surface area contributed by atoms with Crippen molar-refractivity contribution in [1.29, 1.82) is 0 Å². The Morgan fingerprint density at radius 2 is 1.86 bits per heavy atom. The number of hydrogen-bond donors (Lipinski definition) is 0. The molecule has 2 aromatic heterocycles. The van der Waals surface area contributed by atoms with E-state index >= 15 is 0 Å². The van der Waals surface area contributed by atoms with Crippen molar-refractivity contribution in [3.05, 3.63) is 57.6 Å². The van der Waals surface area contributed by atoms with Crippen LogP contribution in [-0.4, -0.2) is 14.0 Å². The lowest BCUT2D eigenvalue weighted by Crippen LogP contribution is -2.24. The molecule has 0 amide bonds. The number of rotatable bonds is 3. The number of halogens is 1. The number of benzene rings is 1. The molecule has 3 aromatic rings. The first-order valence-electron chi connectivity index (χ1n) is 7.32. The van der Waals surface area contributed by atoms with Crippen LogP contribution < -0.4 is 5.56 Å². The molecular weight excluding hydrogens is 342 g/mol. The van der Waals surface area contributed by atoms with E-state index in [0.29, 0.717) is 11.1 Å².